The molecular formula is C15H12N6O7S. The Morgan fingerprint density at radius 1 is 1.21 bits per heavy atom. The zero-order valence-corrected chi connectivity index (χ0v) is 15.3. The molecule has 3 rings (SSSR count). The molecule has 0 atom stereocenters. The van der Waals surface area contributed by atoms with E-state index in [1.165, 1.54) is 25.1 Å². The molecule has 0 fully saturated rings. The molecule has 0 bridgehead atoms. The molecule has 14 heteroatoms. The summed E-state index contributed by atoms with van der Waals surface area (Å²) in [6, 6.07) is 5.29. The Labute approximate surface area is 161 Å². The van der Waals surface area contributed by atoms with Gasteiger partial charge >= 0.3 is 5.97 Å². The van der Waals surface area contributed by atoms with Crippen molar-refractivity contribution in [3.63, 3.8) is 0 Å². The van der Waals surface area contributed by atoms with E-state index < -0.39 is 44.2 Å². The third-order valence-corrected chi connectivity index (χ3v) is 4.43. The molecule has 2 aromatic carbocycles. The molecule has 0 aliphatic heterocycles. The molecule has 0 aliphatic carbocycles. The number of H-pyrrole nitrogens is 1. The first kappa shape index (κ1) is 19.8. The van der Waals surface area contributed by atoms with Gasteiger partial charge in [-0.05, 0) is 29.7 Å². The average Bonchev–Trinajstić information content (AvgIpc) is 3.08. The summed E-state index contributed by atoms with van der Waals surface area (Å²) in [5, 5.41) is 34.7. The van der Waals surface area contributed by atoms with E-state index in [1.807, 2.05) is 0 Å². The van der Waals surface area contributed by atoms with Crippen LogP contribution in [0.1, 0.15) is 17.5 Å². The van der Waals surface area contributed by atoms with Crippen LogP contribution in [0.25, 0.3) is 10.8 Å². The van der Waals surface area contributed by atoms with Crippen molar-refractivity contribution in [2.45, 2.75) is 11.8 Å². The molecule has 0 saturated carbocycles. The van der Waals surface area contributed by atoms with Crippen LogP contribution < -0.4 is 5.32 Å². The molecule has 3 aromatic rings. The highest BCUT2D eigenvalue weighted by molar-refractivity contribution is 7.86. The quantitative estimate of drug-likeness (QED) is 0.301. The monoisotopic (exact) mass is 420 g/mol. The van der Waals surface area contributed by atoms with Gasteiger partial charge in [-0.15, -0.1) is 15.3 Å². The maximum Gasteiger partial charge on any atom is 0.373 e. The number of amides is 1. The number of hydrogen-bond donors (Lipinski definition) is 5. The first-order valence-corrected chi connectivity index (χ1v) is 9.12. The predicted molar refractivity (Wildman–Crippen MR) is 97.2 cm³/mol. The number of phenolic OH excluding ortho intramolecular Hbond substituents is 1. The number of hydrogen-bond acceptors (Lipinski definition) is 9. The Hall–Kier alpha value is -3.91. The standard InChI is InChI=1S/C15H12N6O7S/c1-6(22)16-8-2-3-9-7(4-8)5-10(29(26,27)28)11(12(9)23)18-20-15-17-13(14(24)25)19-21-15/h2-5,23H,1H3,(H,16,22)(H,24,25)(H,17,19,21)(H,26,27,28)/b20-18+. The van der Waals surface area contributed by atoms with E-state index in [1.54, 1.807) is 0 Å². The van der Waals surface area contributed by atoms with E-state index in [9.17, 15) is 27.7 Å². The number of fused-ring (bicyclic) bond motifs is 1. The smallest absolute Gasteiger partial charge is 0.373 e. The second-order valence-electron chi connectivity index (χ2n) is 5.65. The van der Waals surface area contributed by atoms with Crippen LogP contribution in [0.4, 0.5) is 17.3 Å². The largest absolute Gasteiger partial charge is 0.505 e. The van der Waals surface area contributed by atoms with Gasteiger partial charge in [0.05, 0.1) is 0 Å². The molecule has 5 N–H and O–H groups in total. The molecular weight excluding hydrogens is 408 g/mol. The lowest BCUT2D eigenvalue weighted by atomic mass is 10.1. The molecule has 1 heterocycles. The first-order valence-electron chi connectivity index (χ1n) is 7.68. The van der Waals surface area contributed by atoms with Gasteiger partial charge in [-0.25, -0.2) is 4.79 Å². The zero-order chi connectivity index (χ0) is 21.3. The van der Waals surface area contributed by atoms with E-state index in [0.717, 1.165) is 6.07 Å². The van der Waals surface area contributed by atoms with Crippen molar-refractivity contribution in [3.05, 3.63) is 30.1 Å². The number of aromatic nitrogens is 3. The SMILES string of the molecule is CC(=O)Nc1ccc2c(O)c(/N=N/c3n[nH]c(C(=O)O)n3)c(S(=O)(=O)O)cc2c1. The number of aromatic amines is 1. The lowest BCUT2D eigenvalue weighted by Crippen LogP contribution is -2.05. The maximum absolute atomic E-state index is 11.8. The highest BCUT2D eigenvalue weighted by Crippen LogP contribution is 2.41. The summed E-state index contributed by atoms with van der Waals surface area (Å²) in [7, 11) is -4.84. The van der Waals surface area contributed by atoms with Crippen molar-refractivity contribution in [3.8, 4) is 5.75 Å². The number of azo groups is 1. The van der Waals surface area contributed by atoms with Crippen LogP contribution in [0, 0.1) is 0 Å². The number of carboxylic acid groups (broad SMARTS) is 1. The van der Waals surface area contributed by atoms with E-state index in [2.05, 4.69) is 30.7 Å². The molecule has 0 aliphatic rings. The number of rotatable bonds is 5. The van der Waals surface area contributed by atoms with Crippen molar-refractivity contribution < 1.29 is 32.8 Å². The molecule has 13 nitrogen and oxygen atoms in total. The van der Waals surface area contributed by atoms with Crippen molar-refractivity contribution in [2.75, 3.05) is 5.32 Å². The average molecular weight is 420 g/mol. The zero-order valence-electron chi connectivity index (χ0n) is 14.5. The number of carbonyl (C=O) groups excluding carboxylic acids is 1. The molecule has 0 saturated heterocycles. The molecule has 1 aromatic heterocycles. The summed E-state index contributed by atoms with van der Waals surface area (Å²) in [6.07, 6.45) is 0. The minimum absolute atomic E-state index is 0.154. The third-order valence-electron chi connectivity index (χ3n) is 3.56. The second-order valence-corrected chi connectivity index (χ2v) is 7.04. The van der Waals surface area contributed by atoms with Crippen LogP contribution >= 0.6 is 0 Å². The van der Waals surface area contributed by atoms with Crippen molar-refractivity contribution in [2.24, 2.45) is 10.2 Å². The molecule has 0 spiro atoms. The van der Waals surface area contributed by atoms with Crippen LogP contribution in [-0.4, -0.2) is 50.2 Å². The molecule has 0 unspecified atom stereocenters. The van der Waals surface area contributed by atoms with Crippen LogP contribution in [0.2, 0.25) is 0 Å². The van der Waals surface area contributed by atoms with Crippen LogP contribution in [0.15, 0.2) is 39.4 Å². The summed E-state index contributed by atoms with van der Waals surface area (Å²) < 4.78 is 33.1. The van der Waals surface area contributed by atoms with Crippen molar-refractivity contribution in [1.29, 1.82) is 0 Å². The van der Waals surface area contributed by atoms with E-state index >= 15 is 0 Å². The van der Waals surface area contributed by atoms with Gasteiger partial charge in [-0.3, -0.25) is 14.4 Å². The van der Waals surface area contributed by atoms with Crippen LogP contribution in [0.5, 0.6) is 5.75 Å². The normalized spacial score (nSPS) is 11.8. The van der Waals surface area contributed by atoms with Gasteiger partial charge in [0.2, 0.25) is 11.7 Å². The summed E-state index contributed by atoms with van der Waals surface area (Å²) in [6.45, 7) is 1.29. The van der Waals surface area contributed by atoms with Gasteiger partial charge in [0.25, 0.3) is 16.1 Å². The van der Waals surface area contributed by atoms with Gasteiger partial charge in [-0.1, -0.05) is 0 Å². The first-order chi connectivity index (χ1) is 13.6. The number of aromatic hydroxyl groups is 1. The van der Waals surface area contributed by atoms with E-state index in [0.29, 0.717) is 5.69 Å². The lowest BCUT2D eigenvalue weighted by Gasteiger charge is -2.10. The number of carboxylic acids is 1. The van der Waals surface area contributed by atoms with E-state index in [4.69, 9.17) is 5.11 Å². The summed E-state index contributed by atoms with van der Waals surface area (Å²) >= 11 is 0. The van der Waals surface area contributed by atoms with E-state index in [-0.39, 0.29) is 16.7 Å². The van der Waals surface area contributed by atoms with Gasteiger partial charge in [-0.2, -0.15) is 13.4 Å². The third kappa shape index (κ3) is 4.17. The highest BCUT2D eigenvalue weighted by Gasteiger charge is 2.22. The number of anilines is 1. The molecule has 150 valence electrons. The fourth-order valence-electron chi connectivity index (χ4n) is 2.41. The Kier molecular flexibility index (Phi) is 4.96. The fraction of sp³-hybridized carbons (Fsp3) is 0.0667. The number of aromatic carboxylic acids is 1. The topological polar surface area (TPSA) is 207 Å². The minimum Gasteiger partial charge on any atom is -0.505 e. The van der Waals surface area contributed by atoms with Gasteiger partial charge < -0.3 is 15.5 Å². The van der Waals surface area contributed by atoms with Crippen LogP contribution in [0.3, 0.4) is 0 Å². The summed E-state index contributed by atoms with van der Waals surface area (Å²) in [5.41, 5.74) is -0.268. The predicted octanol–water partition coefficient (Wildman–Crippen LogP) is 1.98. The summed E-state index contributed by atoms with van der Waals surface area (Å²) in [5.74, 6) is -3.35. The van der Waals surface area contributed by atoms with Gasteiger partial charge in [0.15, 0.2) is 5.75 Å². The number of nitrogens with zero attached hydrogens (tertiary/aromatic N) is 4. The Morgan fingerprint density at radius 2 is 1.93 bits per heavy atom. The Morgan fingerprint density at radius 3 is 2.52 bits per heavy atom. The second kappa shape index (κ2) is 7.25. The maximum atomic E-state index is 11.8. The number of nitrogens with one attached hydrogen (secondary N) is 2. The fourth-order valence-corrected chi connectivity index (χ4v) is 3.07. The molecule has 29 heavy (non-hydrogen) atoms. The summed E-state index contributed by atoms with van der Waals surface area (Å²) in [4.78, 5) is 24.7. The minimum atomic E-state index is -4.84. The molecule has 1 amide bonds. The van der Waals surface area contributed by atoms with Crippen LogP contribution in [-0.2, 0) is 14.9 Å². The number of phenols is 1. The van der Waals surface area contributed by atoms with Gasteiger partial charge in [0, 0.05) is 18.0 Å². The van der Waals surface area contributed by atoms with Crippen molar-refractivity contribution >= 4 is 50.1 Å². The molecule has 0 radical (unpaired) electrons. The van der Waals surface area contributed by atoms with Gasteiger partial charge in [0.1, 0.15) is 10.6 Å². The number of carbonyl (C=O) groups is 2. The number of benzene rings is 2. The highest BCUT2D eigenvalue weighted by atomic mass is 32.2. The lowest BCUT2D eigenvalue weighted by molar-refractivity contribution is -0.114. The Bertz CT molecular complexity index is 1280. The Balaban J connectivity index is 2.16. The van der Waals surface area contributed by atoms with Crippen molar-refractivity contribution in [1.82, 2.24) is 15.2 Å².